The van der Waals surface area contributed by atoms with Crippen molar-refractivity contribution in [3.05, 3.63) is 188 Å². The molecule has 1 aliphatic rings. The van der Waals surface area contributed by atoms with Crippen LogP contribution in [0.1, 0.15) is 0 Å². The molecule has 260 valence electrons. The van der Waals surface area contributed by atoms with Crippen LogP contribution in [0.5, 0.6) is 0 Å². The van der Waals surface area contributed by atoms with Gasteiger partial charge in [-0.3, -0.25) is 0 Å². The van der Waals surface area contributed by atoms with E-state index in [-0.39, 0.29) is 0 Å². The van der Waals surface area contributed by atoms with E-state index >= 15 is 0 Å². The van der Waals surface area contributed by atoms with E-state index in [0.29, 0.717) is 0 Å². The Kier molecular flexibility index (Phi) is 6.86. The molecule has 1 aliphatic heterocycles. The van der Waals surface area contributed by atoms with E-state index < -0.39 is 0 Å². The Morgan fingerprint density at radius 2 is 1.05 bits per heavy atom. The van der Waals surface area contributed by atoms with E-state index in [0.717, 1.165) is 44.8 Å². The van der Waals surface area contributed by atoms with Crippen LogP contribution in [0.3, 0.4) is 0 Å². The zero-order valence-corrected chi connectivity index (χ0v) is 31.0. The lowest BCUT2D eigenvalue weighted by molar-refractivity contribution is 1.17. The summed E-state index contributed by atoms with van der Waals surface area (Å²) in [5.41, 5.74) is 14.1. The standard InChI is InChI=1S/C52H31N3S/c1-2-12-32(13-3-1)33-16-10-17-36(28-33)51-52(54-45-22-8-7-21-44(45)53-51)41-25-27-49-50-39(41)19-11-20-40(50)43-31-37(24-26-48(43)56-49)55-46-23-9-6-18-38(46)42-29-34-14-4-5-15-35(34)30-47(42)55/h1-31H. The van der Waals surface area contributed by atoms with Crippen LogP contribution >= 0.6 is 11.8 Å². The van der Waals surface area contributed by atoms with Crippen LogP contribution in [0.4, 0.5) is 0 Å². The second-order valence-corrected chi connectivity index (χ2v) is 15.6. The van der Waals surface area contributed by atoms with Gasteiger partial charge in [-0.05, 0) is 99.1 Å². The first-order valence-corrected chi connectivity index (χ1v) is 19.8. The van der Waals surface area contributed by atoms with Gasteiger partial charge in [-0.1, -0.05) is 139 Å². The molecule has 2 aromatic heterocycles. The van der Waals surface area contributed by atoms with Crippen LogP contribution in [0.2, 0.25) is 0 Å². The lowest BCUT2D eigenvalue weighted by Gasteiger charge is -2.23. The van der Waals surface area contributed by atoms with Gasteiger partial charge in [0, 0.05) is 42.8 Å². The predicted molar refractivity (Wildman–Crippen MR) is 235 cm³/mol. The van der Waals surface area contributed by atoms with Crippen LogP contribution in [0.15, 0.2) is 198 Å². The zero-order valence-electron chi connectivity index (χ0n) is 30.1. The number of aromatic nitrogens is 3. The Balaban J connectivity index is 1.06. The number of para-hydroxylation sites is 3. The van der Waals surface area contributed by atoms with Gasteiger partial charge in [0.2, 0.25) is 0 Å². The van der Waals surface area contributed by atoms with Gasteiger partial charge in [0.15, 0.2) is 0 Å². The minimum atomic E-state index is 0.882. The highest BCUT2D eigenvalue weighted by atomic mass is 32.2. The average Bonchev–Trinajstić information content (AvgIpc) is 3.58. The van der Waals surface area contributed by atoms with E-state index in [1.54, 1.807) is 0 Å². The van der Waals surface area contributed by atoms with Gasteiger partial charge in [-0.2, -0.15) is 0 Å². The smallest absolute Gasteiger partial charge is 0.0979 e. The quantitative estimate of drug-likeness (QED) is 0.181. The largest absolute Gasteiger partial charge is 0.309 e. The van der Waals surface area contributed by atoms with Crippen LogP contribution in [-0.4, -0.2) is 14.5 Å². The number of benzene rings is 9. The molecule has 0 spiro atoms. The van der Waals surface area contributed by atoms with Crippen molar-refractivity contribution in [2.24, 2.45) is 0 Å². The summed E-state index contributed by atoms with van der Waals surface area (Å²) in [6.07, 6.45) is 0. The summed E-state index contributed by atoms with van der Waals surface area (Å²) in [5, 5.41) is 7.46. The van der Waals surface area contributed by atoms with E-state index in [2.05, 4.69) is 180 Å². The molecule has 0 amide bonds. The zero-order chi connectivity index (χ0) is 36.7. The summed E-state index contributed by atoms with van der Waals surface area (Å²) >= 11 is 1.85. The molecule has 0 bridgehead atoms. The van der Waals surface area contributed by atoms with E-state index in [1.807, 2.05) is 23.9 Å². The topological polar surface area (TPSA) is 30.7 Å². The average molecular weight is 730 g/mol. The Morgan fingerprint density at radius 1 is 0.375 bits per heavy atom. The van der Waals surface area contributed by atoms with Gasteiger partial charge in [0.05, 0.1) is 33.5 Å². The molecule has 0 radical (unpaired) electrons. The van der Waals surface area contributed by atoms with E-state index in [4.69, 9.17) is 9.97 Å². The van der Waals surface area contributed by atoms with Crippen molar-refractivity contribution >= 4 is 66.1 Å². The monoisotopic (exact) mass is 729 g/mol. The highest BCUT2D eigenvalue weighted by molar-refractivity contribution is 7.99. The van der Waals surface area contributed by atoms with Gasteiger partial charge in [0.1, 0.15) is 0 Å². The molecular formula is C52H31N3S. The lowest BCUT2D eigenvalue weighted by Crippen LogP contribution is -2.00. The van der Waals surface area contributed by atoms with E-state index in [9.17, 15) is 0 Å². The van der Waals surface area contributed by atoms with Crippen molar-refractivity contribution in [2.75, 3.05) is 0 Å². The van der Waals surface area contributed by atoms with Crippen LogP contribution in [0, 0.1) is 0 Å². The van der Waals surface area contributed by atoms with Crippen molar-refractivity contribution in [2.45, 2.75) is 9.79 Å². The summed E-state index contributed by atoms with van der Waals surface area (Å²) in [4.78, 5) is 13.2. The number of fused-ring (bicyclic) bond motifs is 7. The molecule has 3 heterocycles. The van der Waals surface area contributed by atoms with Crippen molar-refractivity contribution in [1.29, 1.82) is 0 Å². The maximum absolute atomic E-state index is 5.38. The summed E-state index contributed by atoms with van der Waals surface area (Å²) in [6, 6.07) is 67.8. The molecule has 12 rings (SSSR count). The van der Waals surface area contributed by atoms with E-state index in [1.165, 1.54) is 69.8 Å². The van der Waals surface area contributed by atoms with Gasteiger partial charge in [-0.15, -0.1) is 0 Å². The molecule has 0 saturated heterocycles. The number of rotatable bonds is 4. The molecule has 0 aliphatic carbocycles. The van der Waals surface area contributed by atoms with Crippen LogP contribution in [0.25, 0.3) is 105 Å². The fourth-order valence-corrected chi connectivity index (χ4v) is 9.87. The number of hydrogen-bond donors (Lipinski definition) is 0. The molecule has 0 atom stereocenters. The van der Waals surface area contributed by atoms with Crippen molar-refractivity contribution in [3.63, 3.8) is 0 Å². The maximum atomic E-state index is 5.38. The van der Waals surface area contributed by atoms with Gasteiger partial charge in [0.25, 0.3) is 0 Å². The third-order valence-corrected chi connectivity index (χ3v) is 12.5. The van der Waals surface area contributed by atoms with Gasteiger partial charge < -0.3 is 4.57 Å². The maximum Gasteiger partial charge on any atom is 0.0979 e. The minimum absolute atomic E-state index is 0.882. The molecule has 0 fully saturated rings. The van der Waals surface area contributed by atoms with Gasteiger partial charge >= 0.3 is 0 Å². The molecule has 4 heteroatoms. The molecular weight excluding hydrogens is 699 g/mol. The Hall–Kier alpha value is -7.01. The normalized spacial score (nSPS) is 12.2. The number of nitrogens with zero attached hydrogens (tertiary/aromatic N) is 3. The Morgan fingerprint density at radius 3 is 1.93 bits per heavy atom. The van der Waals surface area contributed by atoms with Crippen molar-refractivity contribution in [1.82, 2.24) is 14.5 Å². The highest BCUT2D eigenvalue weighted by Crippen LogP contribution is 2.51. The first-order valence-electron chi connectivity index (χ1n) is 19.0. The first-order chi connectivity index (χ1) is 27.7. The summed E-state index contributed by atoms with van der Waals surface area (Å²) in [6.45, 7) is 0. The molecule has 0 saturated carbocycles. The summed E-state index contributed by atoms with van der Waals surface area (Å²) in [7, 11) is 0. The molecule has 56 heavy (non-hydrogen) atoms. The Bertz CT molecular complexity index is 3400. The van der Waals surface area contributed by atoms with Gasteiger partial charge in [-0.25, -0.2) is 9.97 Å². The fraction of sp³-hybridized carbons (Fsp3) is 0. The molecule has 0 unspecified atom stereocenters. The summed E-state index contributed by atoms with van der Waals surface area (Å²) < 4.78 is 2.44. The predicted octanol–water partition coefficient (Wildman–Crippen LogP) is 14.2. The molecule has 3 nitrogen and oxygen atoms in total. The molecule has 11 aromatic rings. The minimum Gasteiger partial charge on any atom is -0.309 e. The van der Waals surface area contributed by atoms with Crippen molar-refractivity contribution in [3.8, 4) is 50.5 Å². The first kappa shape index (κ1) is 31.4. The second kappa shape index (κ2) is 12.3. The van der Waals surface area contributed by atoms with Crippen LogP contribution < -0.4 is 0 Å². The molecule has 0 N–H and O–H groups in total. The van der Waals surface area contributed by atoms with Crippen molar-refractivity contribution < 1.29 is 0 Å². The SMILES string of the molecule is c1ccc(-c2cccc(-c3nc4ccccc4nc3-c3ccc4c5c(cccc35)-c3cc(-n5c6ccccc6c6cc7ccccc7cc65)ccc3S4)c2)cc1. The fourth-order valence-electron chi connectivity index (χ4n) is 8.76. The number of hydrogen-bond acceptors (Lipinski definition) is 3. The third-order valence-electron chi connectivity index (χ3n) is 11.3. The van der Waals surface area contributed by atoms with Crippen LogP contribution in [-0.2, 0) is 0 Å². The molecule has 9 aromatic carbocycles. The lowest BCUT2D eigenvalue weighted by atomic mass is 9.92. The Labute approximate surface area is 327 Å². The highest BCUT2D eigenvalue weighted by Gasteiger charge is 2.24. The third kappa shape index (κ3) is 4.79. The second-order valence-electron chi connectivity index (χ2n) is 14.5. The summed E-state index contributed by atoms with van der Waals surface area (Å²) in [5.74, 6) is 0.